The van der Waals surface area contributed by atoms with Crippen molar-refractivity contribution in [3.63, 3.8) is 0 Å². The van der Waals surface area contributed by atoms with Gasteiger partial charge in [0.05, 0.1) is 0 Å². The second kappa shape index (κ2) is 6.53. The third-order valence-electron chi connectivity index (χ3n) is 4.85. The normalized spacial score (nSPS) is 25.5. The van der Waals surface area contributed by atoms with Crippen molar-refractivity contribution in [3.8, 4) is 0 Å². The van der Waals surface area contributed by atoms with Crippen molar-refractivity contribution < 1.29 is 0 Å². The zero-order chi connectivity index (χ0) is 13.8. The average molecular weight is 260 g/mol. The summed E-state index contributed by atoms with van der Waals surface area (Å²) in [7, 11) is 4.37. The zero-order valence-electron chi connectivity index (χ0n) is 12.8. The van der Waals surface area contributed by atoms with Crippen LogP contribution >= 0.6 is 0 Å². The van der Waals surface area contributed by atoms with Gasteiger partial charge in [-0.15, -0.1) is 0 Å². The Hall–Kier alpha value is -0.860. The van der Waals surface area contributed by atoms with Gasteiger partial charge in [0.15, 0.2) is 0 Å². The highest BCUT2D eigenvalue weighted by atomic mass is 15.2. The molecule has 1 N–H and O–H groups in total. The fourth-order valence-electron chi connectivity index (χ4n) is 3.17. The van der Waals surface area contributed by atoms with Gasteiger partial charge >= 0.3 is 0 Å². The lowest BCUT2D eigenvalue weighted by atomic mass is 9.89. The number of benzene rings is 1. The predicted molar refractivity (Wildman–Crippen MR) is 82.5 cm³/mol. The fraction of sp³-hybridized carbons (Fsp3) is 0.647. The molecule has 0 aromatic heterocycles. The van der Waals surface area contributed by atoms with Gasteiger partial charge in [-0.1, -0.05) is 29.8 Å². The summed E-state index contributed by atoms with van der Waals surface area (Å²) in [6.45, 7) is 4.48. The number of hydrogen-bond acceptors (Lipinski definition) is 2. The van der Waals surface area contributed by atoms with Gasteiger partial charge < -0.3 is 5.32 Å². The maximum absolute atomic E-state index is 3.41. The summed E-state index contributed by atoms with van der Waals surface area (Å²) in [6, 6.07) is 11.0. The van der Waals surface area contributed by atoms with Gasteiger partial charge in [-0.3, -0.25) is 4.90 Å². The molecule has 1 aromatic rings. The first-order valence-electron chi connectivity index (χ1n) is 7.57. The van der Waals surface area contributed by atoms with E-state index in [9.17, 15) is 0 Å². The van der Waals surface area contributed by atoms with E-state index in [0.717, 1.165) is 12.1 Å². The molecule has 2 heteroatoms. The molecule has 0 aliphatic heterocycles. The third-order valence-corrected chi connectivity index (χ3v) is 4.85. The van der Waals surface area contributed by atoms with Gasteiger partial charge in [0.1, 0.15) is 0 Å². The molecule has 1 fully saturated rings. The molecular formula is C17H28N2. The van der Waals surface area contributed by atoms with Crippen molar-refractivity contribution >= 4 is 0 Å². The summed E-state index contributed by atoms with van der Waals surface area (Å²) in [4.78, 5) is 2.57. The van der Waals surface area contributed by atoms with E-state index in [0.29, 0.717) is 6.04 Å². The molecular weight excluding hydrogens is 232 g/mol. The van der Waals surface area contributed by atoms with Crippen LogP contribution < -0.4 is 5.32 Å². The van der Waals surface area contributed by atoms with Gasteiger partial charge in [-0.25, -0.2) is 0 Å². The van der Waals surface area contributed by atoms with E-state index in [2.05, 4.69) is 62.4 Å². The fourth-order valence-corrected chi connectivity index (χ4v) is 3.17. The molecule has 0 amide bonds. The second-order valence-corrected chi connectivity index (χ2v) is 6.05. The molecule has 0 heterocycles. The maximum Gasteiger partial charge on any atom is 0.0319 e. The molecule has 2 rings (SSSR count). The minimum absolute atomic E-state index is 0.511. The van der Waals surface area contributed by atoms with E-state index in [1.165, 1.54) is 36.8 Å². The number of nitrogens with zero attached hydrogens (tertiary/aromatic N) is 1. The summed E-state index contributed by atoms with van der Waals surface area (Å²) in [5.74, 6) is 0. The highest BCUT2D eigenvalue weighted by molar-refractivity contribution is 5.23. The molecule has 0 spiro atoms. The summed E-state index contributed by atoms with van der Waals surface area (Å²) in [5.41, 5.74) is 2.77. The van der Waals surface area contributed by atoms with Crippen LogP contribution in [0, 0.1) is 6.92 Å². The summed E-state index contributed by atoms with van der Waals surface area (Å²) in [6.07, 6.45) is 5.26. The molecule has 0 saturated heterocycles. The van der Waals surface area contributed by atoms with Crippen LogP contribution in [0.2, 0.25) is 0 Å². The highest BCUT2D eigenvalue weighted by Gasteiger charge is 2.26. The van der Waals surface area contributed by atoms with E-state index < -0.39 is 0 Å². The maximum atomic E-state index is 3.41. The lowest BCUT2D eigenvalue weighted by Gasteiger charge is -2.38. The SMILES string of the molecule is CNC1CCC(N(C)C(C)c2ccc(C)cc2)CC1. The van der Waals surface area contributed by atoms with Crippen molar-refractivity contribution in [2.75, 3.05) is 14.1 Å². The standard InChI is InChI=1S/C17H28N2/c1-13-5-7-15(8-6-13)14(2)19(4)17-11-9-16(18-3)10-12-17/h5-8,14,16-18H,9-12H2,1-4H3. The Morgan fingerprint density at radius 2 is 1.68 bits per heavy atom. The summed E-state index contributed by atoms with van der Waals surface area (Å²) in [5, 5.41) is 3.41. The van der Waals surface area contributed by atoms with E-state index in [1.807, 2.05) is 0 Å². The Labute approximate surface area is 118 Å². The molecule has 1 saturated carbocycles. The number of aryl methyl sites for hydroxylation is 1. The lowest BCUT2D eigenvalue weighted by molar-refractivity contribution is 0.136. The molecule has 1 atom stereocenters. The van der Waals surface area contributed by atoms with Gasteiger partial charge in [0.25, 0.3) is 0 Å². The first-order valence-corrected chi connectivity index (χ1v) is 7.57. The molecule has 19 heavy (non-hydrogen) atoms. The van der Waals surface area contributed by atoms with Gasteiger partial charge in [0.2, 0.25) is 0 Å². The van der Waals surface area contributed by atoms with Gasteiger partial charge in [0, 0.05) is 18.1 Å². The molecule has 2 nitrogen and oxygen atoms in total. The first-order chi connectivity index (χ1) is 9.11. The minimum atomic E-state index is 0.511. The van der Waals surface area contributed by atoms with Crippen LogP contribution in [0.4, 0.5) is 0 Å². The monoisotopic (exact) mass is 260 g/mol. The van der Waals surface area contributed by atoms with E-state index in [-0.39, 0.29) is 0 Å². The van der Waals surface area contributed by atoms with Crippen molar-refractivity contribution in [1.29, 1.82) is 0 Å². The molecule has 1 unspecified atom stereocenters. The topological polar surface area (TPSA) is 15.3 Å². The van der Waals surface area contributed by atoms with Crippen LogP contribution in [0.1, 0.15) is 49.8 Å². The number of nitrogens with one attached hydrogen (secondary N) is 1. The largest absolute Gasteiger partial charge is 0.317 e. The molecule has 0 radical (unpaired) electrons. The smallest absolute Gasteiger partial charge is 0.0319 e. The Bertz CT molecular complexity index is 377. The van der Waals surface area contributed by atoms with Crippen molar-refractivity contribution in [2.24, 2.45) is 0 Å². The average Bonchev–Trinajstić information content (AvgIpc) is 2.46. The summed E-state index contributed by atoms with van der Waals surface area (Å²) < 4.78 is 0. The first kappa shape index (κ1) is 14.5. The quantitative estimate of drug-likeness (QED) is 0.891. The lowest BCUT2D eigenvalue weighted by Crippen LogP contribution is -2.40. The predicted octanol–water partition coefficient (Wildman–Crippen LogP) is 3.52. The van der Waals surface area contributed by atoms with Crippen LogP contribution in [-0.4, -0.2) is 31.1 Å². The third kappa shape index (κ3) is 3.58. The van der Waals surface area contributed by atoms with Crippen LogP contribution in [0.5, 0.6) is 0 Å². The van der Waals surface area contributed by atoms with Crippen LogP contribution in [0.25, 0.3) is 0 Å². The molecule has 106 valence electrons. The summed E-state index contributed by atoms with van der Waals surface area (Å²) >= 11 is 0. The number of hydrogen-bond donors (Lipinski definition) is 1. The highest BCUT2D eigenvalue weighted by Crippen LogP contribution is 2.28. The Kier molecular flexibility index (Phi) is 5.00. The molecule has 1 aromatic carbocycles. The zero-order valence-corrected chi connectivity index (χ0v) is 12.8. The Balaban J connectivity index is 1.95. The van der Waals surface area contributed by atoms with Crippen molar-refractivity contribution in [3.05, 3.63) is 35.4 Å². The van der Waals surface area contributed by atoms with E-state index >= 15 is 0 Å². The van der Waals surface area contributed by atoms with Crippen LogP contribution in [0.3, 0.4) is 0 Å². The molecule has 1 aliphatic rings. The van der Waals surface area contributed by atoms with Crippen LogP contribution in [-0.2, 0) is 0 Å². The van der Waals surface area contributed by atoms with E-state index in [4.69, 9.17) is 0 Å². The molecule has 1 aliphatic carbocycles. The van der Waals surface area contributed by atoms with Crippen LogP contribution in [0.15, 0.2) is 24.3 Å². The van der Waals surface area contributed by atoms with Gasteiger partial charge in [-0.2, -0.15) is 0 Å². The van der Waals surface area contributed by atoms with Crippen molar-refractivity contribution in [2.45, 2.75) is 57.7 Å². The van der Waals surface area contributed by atoms with E-state index in [1.54, 1.807) is 0 Å². The minimum Gasteiger partial charge on any atom is -0.317 e. The number of rotatable bonds is 4. The van der Waals surface area contributed by atoms with Crippen molar-refractivity contribution in [1.82, 2.24) is 10.2 Å². The Morgan fingerprint density at radius 3 is 2.21 bits per heavy atom. The molecule has 0 bridgehead atoms. The Morgan fingerprint density at radius 1 is 1.11 bits per heavy atom. The van der Waals surface area contributed by atoms with Gasteiger partial charge in [-0.05, 0) is 59.2 Å². The second-order valence-electron chi connectivity index (χ2n) is 6.05.